The smallest absolute Gasteiger partial charge is 0.227 e. The van der Waals surface area contributed by atoms with Crippen LogP contribution in [-0.4, -0.2) is 33.7 Å². The number of nitrogens with zero attached hydrogens (tertiary/aromatic N) is 3. The van der Waals surface area contributed by atoms with E-state index in [9.17, 15) is 4.79 Å². The third-order valence-electron chi connectivity index (χ3n) is 5.65. The molecule has 2 fully saturated rings. The van der Waals surface area contributed by atoms with E-state index in [-0.39, 0.29) is 5.91 Å². The fourth-order valence-electron chi connectivity index (χ4n) is 3.95. The van der Waals surface area contributed by atoms with Crippen LogP contribution < -0.4 is 0 Å². The second kappa shape index (κ2) is 4.95. The van der Waals surface area contributed by atoms with Gasteiger partial charge in [-0.05, 0) is 43.7 Å². The van der Waals surface area contributed by atoms with E-state index in [1.165, 1.54) is 6.42 Å². The van der Waals surface area contributed by atoms with E-state index in [1.54, 1.807) is 0 Å². The molecule has 2 aromatic rings. The molecule has 4 rings (SSSR count). The molecule has 1 aliphatic carbocycles. The molecule has 0 N–H and O–H groups in total. The van der Waals surface area contributed by atoms with Gasteiger partial charge in [-0.2, -0.15) is 5.10 Å². The number of likely N-dealkylation sites (tertiary alicyclic amines) is 1. The quantitative estimate of drug-likeness (QED) is 0.874. The van der Waals surface area contributed by atoms with Crippen molar-refractivity contribution in [1.29, 1.82) is 0 Å². The Labute approximate surface area is 137 Å². The van der Waals surface area contributed by atoms with Gasteiger partial charge in [0.05, 0.1) is 17.8 Å². The van der Waals surface area contributed by atoms with Gasteiger partial charge in [-0.1, -0.05) is 25.1 Å². The van der Waals surface area contributed by atoms with Crippen molar-refractivity contribution in [3.63, 3.8) is 0 Å². The van der Waals surface area contributed by atoms with Gasteiger partial charge in [0, 0.05) is 24.3 Å². The van der Waals surface area contributed by atoms with Gasteiger partial charge in [0.1, 0.15) is 0 Å². The van der Waals surface area contributed by atoms with Crippen LogP contribution in [0.1, 0.15) is 30.3 Å². The Morgan fingerprint density at radius 2 is 2.04 bits per heavy atom. The van der Waals surface area contributed by atoms with Gasteiger partial charge in [-0.25, -0.2) is 4.68 Å². The SMILES string of the molecule is Cc1nn(-c2ccccc2)c(C)c1CC(=O)N1CC2CC2(C)C1. The molecule has 4 heteroatoms. The van der Waals surface area contributed by atoms with Crippen molar-refractivity contribution in [2.75, 3.05) is 13.1 Å². The number of hydrogen-bond acceptors (Lipinski definition) is 2. The van der Waals surface area contributed by atoms with Crippen LogP contribution in [0.5, 0.6) is 0 Å². The van der Waals surface area contributed by atoms with E-state index in [0.717, 1.165) is 41.6 Å². The van der Waals surface area contributed by atoms with Crippen LogP contribution in [0.15, 0.2) is 30.3 Å². The highest BCUT2D eigenvalue weighted by molar-refractivity contribution is 5.80. The molecule has 2 aliphatic rings. The van der Waals surface area contributed by atoms with E-state index in [4.69, 9.17) is 0 Å². The van der Waals surface area contributed by atoms with Gasteiger partial charge in [0.2, 0.25) is 5.91 Å². The predicted molar refractivity (Wildman–Crippen MR) is 89.5 cm³/mol. The van der Waals surface area contributed by atoms with Crippen LogP contribution in [0.25, 0.3) is 5.69 Å². The van der Waals surface area contributed by atoms with Crippen LogP contribution in [0.2, 0.25) is 0 Å². The Balaban J connectivity index is 1.55. The Bertz CT molecular complexity index is 764. The Morgan fingerprint density at radius 1 is 1.30 bits per heavy atom. The van der Waals surface area contributed by atoms with Gasteiger partial charge in [-0.3, -0.25) is 4.79 Å². The first kappa shape index (κ1) is 14.5. The molecule has 1 aliphatic heterocycles. The lowest BCUT2D eigenvalue weighted by atomic mass is 10.1. The summed E-state index contributed by atoms with van der Waals surface area (Å²) in [4.78, 5) is 14.7. The van der Waals surface area contributed by atoms with Crippen LogP contribution in [0.3, 0.4) is 0 Å². The molecule has 120 valence electrons. The molecular weight excluding hydrogens is 286 g/mol. The Kier molecular flexibility index (Phi) is 3.12. The standard InChI is InChI=1S/C19H23N3O/c1-13-17(9-18(23)21-11-15-10-19(15,3)12-21)14(2)22(20-13)16-7-5-4-6-8-16/h4-8,15H,9-12H2,1-3H3. The number of hydrogen-bond donors (Lipinski definition) is 0. The zero-order chi connectivity index (χ0) is 16.2. The molecule has 1 aromatic carbocycles. The molecule has 1 saturated carbocycles. The number of aromatic nitrogens is 2. The molecule has 2 unspecified atom stereocenters. The Morgan fingerprint density at radius 3 is 2.70 bits per heavy atom. The van der Waals surface area contributed by atoms with Crippen molar-refractivity contribution in [2.45, 2.75) is 33.6 Å². The molecule has 0 spiro atoms. The fraction of sp³-hybridized carbons (Fsp3) is 0.474. The lowest BCUT2D eigenvalue weighted by molar-refractivity contribution is -0.130. The minimum Gasteiger partial charge on any atom is -0.342 e. The monoisotopic (exact) mass is 309 g/mol. The number of piperidine rings is 1. The second-order valence-electron chi connectivity index (χ2n) is 7.40. The largest absolute Gasteiger partial charge is 0.342 e. The van der Waals surface area contributed by atoms with Crippen molar-refractivity contribution in [3.05, 3.63) is 47.3 Å². The molecule has 1 aromatic heterocycles. The van der Waals surface area contributed by atoms with Crippen LogP contribution >= 0.6 is 0 Å². The molecule has 23 heavy (non-hydrogen) atoms. The van der Waals surface area contributed by atoms with Gasteiger partial charge in [0.25, 0.3) is 0 Å². The summed E-state index contributed by atoms with van der Waals surface area (Å²) in [5.74, 6) is 0.984. The van der Waals surface area contributed by atoms with Crippen molar-refractivity contribution in [1.82, 2.24) is 14.7 Å². The van der Waals surface area contributed by atoms with Gasteiger partial charge < -0.3 is 4.90 Å². The molecule has 0 radical (unpaired) electrons. The van der Waals surface area contributed by atoms with Crippen molar-refractivity contribution in [3.8, 4) is 5.69 Å². The highest BCUT2D eigenvalue weighted by atomic mass is 16.2. The van der Waals surface area contributed by atoms with Crippen LogP contribution in [0.4, 0.5) is 0 Å². The van der Waals surface area contributed by atoms with Crippen LogP contribution in [0, 0.1) is 25.2 Å². The highest BCUT2D eigenvalue weighted by Crippen LogP contribution is 2.57. The number of aryl methyl sites for hydroxylation is 1. The molecular formula is C19H23N3O. The first-order chi connectivity index (χ1) is 11.0. The number of benzene rings is 1. The topological polar surface area (TPSA) is 38.1 Å². The molecule has 2 heterocycles. The zero-order valence-electron chi connectivity index (χ0n) is 14.0. The number of carbonyl (C=O) groups is 1. The van der Waals surface area contributed by atoms with Crippen molar-refractivity contribution in [2.24, 2.45) is 11.3 Å². The minimum absolute atomic E-state index is 0.247. The number of fused-ring (bicyclic) bond motifs is 1. The summed E-state index contributed by atoms with van der Waals surface area (Å²) in [6, 6.07) is 10.1. The average Bonchev–Trinajstić information content (AvgIpc) is 2.92. The predicted octanol–water partition coefficient (Wildman–Crippen LogP) is 2.90. The summed E-state index contributed by atoms with van der Waals surface area (Å²) < 4.78 is 1.95. The first-order valence-electron chi connectivity index (χ1n) is 8.36. The maximum absolute atomic E-state index is 12.7. The molecule has 0 bridgehead atoms. The van der Waals surface area contributed by atoms with Gasteiger partial charge >= 0.3 is 0 Å². The average molecular weight is 309 g/mol. The van der Waals surface area contributed by atoms with Crippen molar-refractivity contribution >= 4 is 5.91 Å². The fourth-order valence-corrected chi connectivity index (χ4v) is 3.95. The van der Waals surface area contributed by atoms with E-state index >= 15 is 0 Å². The normalized spacial score (nSPS) is 25.5. The maximum Gasteiger partial charge on any atom is 0.227 e. The van der Waals surface area contributed by atoms with Crippen molar-refractivity contribution < 1.29 is 4.79 Å². The molecule has 1 saturated heterocycles. The number of amides is 1. The van der Waals surface area contributed by atoms with Crippen LogP contribution in [-0.2, 0) is 11.2 Å². The number of para-hydroxylation sites is 1. The molecule has 1 amide bonds. The van der Waals surface area contributed by atoms with E-state index < -0.39 is 0 Å². The van der Waals surface area contributed by atoms with Gasteiger partial charge in [-0.15, -0.1) is 0 Å². The van der Waals surface area contributed by atoms with E-state index in [1.807, 2.05) is 46.8 Å². The van der Waals surface area contributed by atoms with E-state index in [0.29, 0.717) is 11.8 Å². The summed E-state index contributed by atoms with van der Waals surface area (Å²) in [6.07, 6.45) is 1.76. The lowest BCUT2D eigenvalue weighted by Crippen LogP contribution is -2.32. The summed E-state index contributed by atoms with van der Waals surface area (Å²) >= 11 is 0. The highest BCUT2D eigenvalue weighted by Gasteiger charge is 2.57. The summed E-state index contributed by atoms with van der Waals surface area (Å²) in [6.45, 7) is 8.23. The lowest BCUT2D eigenvalue weighted by Gasteiger charge is -2.19. The second-order valence-corrected chi connectivity index (χ2v) is 7.40. The number of carbonyl (C=O) groups excluding carboxylic acids is 1. The third kappa shape index (κ3) is 2.37. The molecule has 2 atom stereocenters. The first-order valence-corrected chi connectivity index (χ1v) is 8.36. The van der Waals surface area contributed by atoms with Gasteiger partial charge in [0.15, 0.2) is 0 Å². The zero-order valence-corrected chi connectivity index (χ0v) is 14.0. The number of rotatable bonds is 3. The maximum atomic E-state index is 12.7. The van der Waals surface area contributed by atoms with E-state index in [2.05, 4.69) is 18.9 Å². The molecule has 4 nitrogen and oxygen atoms in total. The third-order valence-corrected chi connectivity index (χ3v) is 5.65. The summed E-state index contributed by atoms with van der Waals surface area (Å²) in [5, 5.41) is 4.64. The minimum atomic E-state index is 0.247. The summed E-state index contributed by atoms with van der Waals surface area (Å²) in [5.41, 5.74) is 4.55. The Hall–Kier alpha value is -2.10. The summed E-state index contributed by atoms with van der Waals surface area (Å²) in [7, 11) is 0.